The summed E-state index contributed by atoms with van der Waals surface area (Å²) in [7, 11) is 0. The van der Waals surface area contributed by atoms with E-state index < -0.39 is 6.09 Å². The minimum atomic E-state index is -0.863. The lowest BCUT2D eigenvalue weighted by Gasteiger charge is -2.31. The second-order valence-corrected chi connectivity index (χ2v) is 5.48. The number of hydrogen-bond donors (Lipinski definition) is 2. The molecule has 20 heavy (non-hydrogen) atoms. The number of carboxylic acid groups (broad SMARTS) is 1. The number of piperidine rings is 1. The lowest BCUT2D eigenvalue weighted by molar-refractivity contribution is 0.132. The van der Waals surface area contributed by atoms with Crippen LogP contribution in [0.2, 0.25) is 0 Å². The van der Waals surface area contributed by atoms with E-state index in [1.165, 1.54) is 4.90 Å². The van der Waals surface area contributed by atoms with Crippen molar-refractivity contribution in [1.82, 2.24) is 19.5 Å². The van der Waals surface area contributed by atoms with Gasteiger partial charge in [0.1, 0.15) is 5.82 Å². The monoisotopic (exact) mass is 339 g/mol. The smallest absolute Gasteiger partial charge is 0.407 e. The first-order chi connectivity index (χ1) is 9.63. The number of fused-ring (bicyclic) bond motifs is 1. The van der Waals surface area contributed by atoms with Gasteiger partial charge in [0.2, 0.25) is 4.73 Å². The second-order valence-electron chi connectivity index (χ2n) is 4.77. The molecule has 1 saturated heterocycles. The average molecular weight is 340 g/mol. The molecule has 0 saturated carbocycles. The molecule has 1 fully saturated rings. The number of nitrogens with zero attached hydrogens (tertiary/aromatic N) is 4. The summed E-state index contributed by atoms with van der Waals surface area (Å²) in [6.45, 7) is 1.09. The molecule has 106 valence electrons. The summed E-state index contributed by atoms with van der Waals surface area (Å²) in [6, 6.07) is 5.77. The molecule has 3 rings (SSSR count). The van der Waals surface area contributed by atoms with Crippen LogP contribution >= 0.6 is 15.9 Å². The number of amides is 1. The third-order valence-corrected chi connectivity index (χ3v) is 3.71. The van der Waals surface area contributed by atoms with Gasteiger partial charge >= 0.3 is 6.09 Å². The number of carbonyl (C=O) groups is 1. The van der Waals surface area contributed by atoms with Gasteiger partial charge in [-0.1, -0.05) is 6.07 Å². The number of halogens is 1. The maximum absolute atomic E-state index is 11.0. The first-order valence-electron chi connectivity index (χ1n) is 6.39. The molecule has 1 amide bonds. The Hall–Kier alpha value is -1.83. The predicted octanol–water partition coefficient (Wildman–Crippen LogP) is 2.05. The third-order valence-electron chi connectivity index (χ3n) is 3.38. The van der Waals surface area contributed by atoms with Crippen molar-refractivity contribution < 1.29 is 9.90 Å². The Labute approximate surface area is 123 Å². The molecule has 0 aromatic carbocycles. The molecular formula is C12H14BrN5O2. The summed E-state index contributed by atoms with van der Waals surface area (Å²) in [4.78, 5) is 16.7. The van der Waals surface area contributed by atoms with Gasteiger partial charge in [0.25, 0.3) is 0 Å². The van der Waals surface area contributed by atoms with Crippen LogP contribution in [-0.2, 0) is 0 Å². The van der Waals surface area contributed by atoms with Crippen molar-refractivity contribution in [2.45, 2.75) is 18.9 Å². The minimum Gasteiger partial charge on any atom is -0.465 e. The van der Waals surface area contributed by atoms with Gasteiger partial charge in [0.15, 0.2) is 5.65 Å². The highest BCUT2D eigenvalue weighted by atomic mass is 79.9. The molecule has 1 atom stereocenters. The van der Waals surface area contributed by atoms with Gasteiger partial charge in [-0.3, -0.25) is 0 Å². The molecule has 2 N–H and O–H groups in total. The zero-order chi connectivity index (χ0) is 14.1. The highest BCUT2D eigenvalue weighted by Crippen LogP contribution is 2.18. The third kappa shape index (κ3) is 2.55. The molecule has 0 bridgehead atoms. The average Bonchev–Trinajstić information content (AvgIpc) is 2.80. The largest absolute Gasteiger partial charge is 0.465 e. The Bertz CT molecular complexity index is 644. The molecule has 1 aliphatic heterocycles. The standard InChI is InChI=1S/C12H14BrN5O2/c13-11-15-10-5-1-4-9(18(10)16-11)14-8-3-2-6-17(7-8)12(19)20/h1,4-5,8,14H,2-3,6-7H2,(H,19,20). The van der Waals surface area contributed by atoms with E-state index in [0.717, 1.165) is 24.3 Å². The molecule has 2 aromatic heterocycles. The van der Waals surface area contributed by atoms with E-state index in [-0.39, 0.29) is 6.04 Å². The van der Waals surface area contributed by atoms with Crippen molar-refractivity contribution in [1.29, 1.82) is 0 Å². The lowest BCUT2D eigenvalue weighted by atomic mass is 10.1. The van der Waals surface area contributed by atoms with E-state index in [2.05, 4.69) is 31.3 Å². The zero-order valence-corrected chi connectivity index (χ0v) is 12.2. The molecule has 0 spiro atoms. The number of hydrogen-bond acceptors (Lipinski definition) is 4. The second kappa shape index (κ2) is 5.28. The van der Waals surface area contributed by atoms with E-state index in [4.69, 9.17) is 5.11 Å². The Kier molecular flexibility index (Phi) is 3.47. The maximum Gasteiger partial charge on any atom is 0.407 e. The Balaban J connectivity index is 1.80. The van der Waals surface area contributed by atoms with E-state index in [1.54, 1.807) is 4.52 Å². The van der Waals surface area contributed by atoms with E-state index in [1.807, 2.05) is 18.2 Å². The number of pyridine rings is 1. The van der Waals surface area contributed by atoms with Gasteiger partial charge in [-0.15, -0.1) is 5.10 Å². The van der Waals surface area contributed by atoms with Crippen LogP contribution in [0.4, 0.5) is 10.6 Å². The van der Waals surface area contributed by atoms with E-state index in [0.29, 0.717) is 17.8 Å². The van der Waals surface area contributed by atoms with Crippen LogP contribution in [0.3, 0.4) is 0 Å². The predicted molar refractivity (Wildman–Crippen MR) is 76.9 cm³/mol. The van der Waals surface area contributed by atoms with Crippen molar-refractivity contribution in [3.63, 3.8) is 0 Å². The molecule has 7 nitrogen and oxygen atoms in total. The Morgan fingerprint density at radius 2 is 2.35 bits per heavy atom. The van der Waals surface area contributed by atoms with Crippen molar-refractivity contribution in [3.8, 4) is 0 Å². The topological polar surface area (TPSA) is 82.8 Å². The van der Waals surface area contributed by atoms with Crippen molar-refractivity contribution >= 4 is 33.5 Å². The molecular weight excluding hydrogens is 326 g/mol. The van der Waals surface area contributed by atoms with Gasteiger partial charge in [-0.25, -0.2) is 9.78 Å². The van der Waals surface area contributed by atoms with Crippen LogP contribution in [0.5, 0.6) is 0 Å². The number of rotatable bonds is 2. The molecule has 0 radical (unpaired) electrons. The summed E-state index contributed by atoms with van der Waals surface area (Å²) >= 11 is 3.26. The summed E-state index contributed by atoms with van der Waals surface area (Å²) < 4.78 is 2.24. The number of anilines is 1. The SMILES string of the molecule is O=C(O)N1CCCC(Nc2cccc3nc(Br)nn23)C1. The maximum atomic E-state index is 11.0. The quantitative estimate of drug-likeness (QED) is 0.874. The fourth-order valence-corrected chi connectivity index (χ4v) is 2.81. The van der Waals surface area contributed by atoms with Crippen LogP contribution in [0.15, 0.2) is 22.9 Å². The van der Waals surface area contributed by atoms with Gasteiger partial charge in [-0.05, 0) is 40.9 Å². The molecule has 1 unspecified atom stereocenters. The van der Waals surface area contributed by atoms with Crippen LogP contribution in [0.25, 0.3) is 5.65 Å². The highest BCUT2D eigenvalue weighted by Gasteiger charge is 2.23. The highest BCUT2D eigenvalue weighted by molar-refractivity contribution is 9.10. The van der Waals surface area contributed by atoms with Crippen molar-refractivity contribution in [2.24, 2.45) is 0 Å². The lowest BCUT2D eigenvalue weighted by Crippen LogP contribution is -2.44. The number of aromatic nitrogens is 3. The van der Waals surface area contributed by atoms with Gasteiger partial charge in [0.05, 0.1) is 0 Å². The normalized spacial score (nSPS) is 19.2. The number of likely N-dealkylation sites (tertiary alicyclic amines) is 1. The van der Waals surface area contributed by atoms with Crippen LogP contribution in [0, 0.1) is 0 Å². The van der Waals surface area contributed by atoms with Crippen LogP contribution in [0.1, 0.15) is 12.8 Å². The zero-order valence-electron chi connectivity index (χ0n) is 10.7. The first kappa shape index (κ1) is 13.2. The molecule has 2 aromatic rings. The Morgan fingerprint density at radius 3 is 3.15 bits per heavy atom. The fourth-order valence-electron chi connectivity index (χ4n) is 2.47. The van der Waals surface area contributed by atoms with Crippen LogP contribution < -0.4 is 5.32 Å². The van der Waals surface area contributed by atoms with Crippen molar-refractivity contribution in [2.75, 3.05) is 18.4 Å². The number of nitrogens with one attached hydrogen (secondary N) is 1. The molecule has 8 heteroatoms. The summed E-state index contributed by atoms with van der Waals surface area (Å²) in [5.74, 6) is 0.818. The molecule has 1 aliphatic rings. The van der Waals surface area contributed by atoms with E-state index >= 15 is 0 Å². The Morgan fingerprint density at radius 1 is 1.50 bits per heavy atom. The van der Waals surface area contributed by atoms with E-state index in [9.17, 15) is 4.79 Å². The molecule has 0 aliphatic carbocycles. The van der Waals surface area contributed by atoms with Gasteiger partial charge in [0, 0.05) is 19.1 Å². The summed E-state index contributed by atoms with van der Waals surface area (Å²) in [5, 5.41) is 16.7. The van der Waals surface area contributed by atoms with Gasteiger partial charge < -0.3 is 15.3 Å². The minimum absolute atomic E-state index is 0.0911. The first-order valence-corrected chi connectivity index (χ1v) is 7.18. The van der Waals surface area contributed by atoms with Crippen LogP contribution in [-0.4, -0.2) is 49.8 Å². The van der Waals surface area contributed by atoms with Gasteiger partial charge in [-0.2, -0.15) is 4.52 Å². The van der Waals surface area contributed by atoms with Crippen molar-refractivity contribution in [3.05, 3.63) is 22.9 Å². The fraction of sp³-hybridized carbons (Fsp3) is 0.417. The summed E-state index contributed by atoms with van der Waals surface area (Å²) in [6.07, 6.45) is 0.940. The summed E-state index contributed by atoms with van der Waals surface area (Å²) in [5.41, 5.74) is 0.743. The molecule has 3 heterocycles.